The fraction of sp³-hybridized carbons (Fsp3) is 0.190. The van der Waals surface area contributed by atoms with Crippen molar-refractivity contribution in [3.8, 4) is 5.75 Å². The van der Waals surface area contributed by atoms with Gasteiger partial charge in [0.25, 0.3) is 5.91 Å². The maximum Gasteiger partial charge on any atom is 0.261 e. The molecule has 26 heavy (non-hydrogen) atoms. The molecule has 0 fully saturated rings. The molecule has 4 rings (SSSR count). The summed E-state index contributed by atoms with van der Waals surface area (Å²) in [6.45, 7) is 0.455. The molecule has 0 spiro atoms. The van der Waals surface area contributed by atoms with Crippen LogP contribution in [0.15, 0.2) is 66.0 Å². The van der Waals surface area contributed by atoms with E-state index in [4.69, 9.17) is 4.74 Å². The lowest BCUT2D eigenvalue weighted by Crippen LogP contribution is -2.42. The molecule has 0 radical (unpaired) electrons. The second-order valence-corrected chi connectivity index (χ2v) is 7.17. The minimum atomic E-state index is -0.460. The van der Waals surface area contributed by atoms with Crippen LogP contribution in [0.5, 0.6) is 5.75 Å². The molecule has 132 valence electrons. The predicted molar refractivity (Wildman–Crippen MR) is 99.9 cm³/mol. The van der Waals surface area contributed by atoms with Gasteiger partial charge in [-0.15, -0.1) is 11.3 Å². The average molecular weight is 367 g/mol. The van der Waals surface area contributed by atoms with E-state index in [1.807, 2.05) is 35.2 Å². The Morgan fingerprint density at radius 2 is 1.88 bits per heavy atom. The lowest BCUT2D eigenvalue weighted by molar-refractivity contribution is -0.135. The highest BCUT2D eigenvalue weighted by Gasteiger charge is 2.32. The zero-order chi connectivity index (χ0) is 17.9. The Morgan fingerprint density at radius 1 is 1.12 bits per heavy atom. The van der Waals surface area contributed by atoms with E-state index >= 15 is 0 Å². The van der Waals surface area contributed by atoms with E-state index in [2.05, 4.69) is 11.4 Å². The number of benzene rings is 2. The summed E-state index contributed by atoms with van der Waals surface area (Å²) in [5, 5.41) is 2.07. The van der Waals surface area contributed by atoms with E-state index in [0.29, 0.717) is 6.54 Å². The molecule has 1 aromatic heterocycles. The van der Waals surface area contributed by atoms with E-state index in [9.17, 15) is 9.18 Å². The molecule has 0 unspecified atom stereocenters. The molecule has 3 nitrogen and oxygen atoms in total. The van der Waals surface area contributed by atoms with Crippen LogP contribution in [0.3, 0.4) is 0 Å². The third-order valence-electron chi connectivity index (χ3n) is 4.59. The van der Waals surface area contributed by atoms with Crippen molar-refractivity contribution in [3.05, 3.63) is 87.9 Å². The van der Waals surface area contributed by atoms with Gasteiger partial charge in [-0.1, -0.05) is 42.5 Å². The van der Waals surface area contributed by atoms with Gasteiger partial charge >= 0.3 is 0 Å². The lowest BCUT2D eigenvalue weighted by atomic mass is 9.93. The normalized spacial score (nSPS) is 16.2. The molecule has 0 saturated heterocycles. The maximum absolute atomic E-state index is 13.7. The summed E-state index contributed by atoms with van der Waals surface area (Å²) >= 11 is 1.73. The van der Waals surface area contributed by atoms with Gasteiger partial charge in [0.05, 0.1) is 6.04 Å². The van der Waals surface area contributed by atoms with E-state index in [1.165, 1.54) is 22.6 Å². The fourth-order valence-electron chi connectivity index (χ4n) is 3.36. The number of hydrogen-bond donors (Lipinski definition) is 0. The summed E-state index contributed by atoms with van der Waals surface area (Å²) in [6.07, 6.45) is 0.835. The highest BCUT2D eigenvalue weighted by molar-refractivity contribution is 7.10. The van der Waals surface area contributed by atoms with Crippen molar-refractivity contribution in [3.63, 3.8) is 0 Å². The minimum Gasteiger partial charge on any atom is -0.481 e. The number of ether oxygens (including phenoxy) is 1. The summed E-state index contributed by atoms with van der Waals surface area (Å²) in [5.74, 6) is -0.497. The van der Waals surface area contributed by atoms with E-state index in [0.717, 1.165) is 12.0 Å². The molecular formula is C21H18FNO2S. The molecule has 1 amide bonds. The summed E-state index contributed by atoms with van der Waals surface area (Å²) < 4.78 is 19.2. The first-order valence-electron chi connectivity index (χ1n) is 8.52. The van der Waals surface area contributed by atoms with Crippen molar-refractivity contribution < 1.29 is 13.9 Å². The lowest BCUT2D eigenvalue weighted by Gasteiger charge is -2.36. The van der Waals surface area contributed by atoms with Crippen molar-refractivity contribution >= 4 is 17.2 Å². The van der Waals surface area contributed by atoms with Crippen LogP contribution in [-0.4, -0.2) is 24.0 Å². The Balaban J connectivity index is 1.58. The van der Waals surface area contributed by atoms with Crippen molar-refractivity contribution in [2.75, 3.05) is 13.2 Å². The van der Waals surface area contributed by atoms with Gasteiger partial charge in [0.1, 0.15) is 0 Å². The molecule has 0 N–H and O–H groups in total. The van der Waals surface area contributed by atoms with Crippen LogP contribution in [0.4, 0.5) is 4.39 Å². The molecule has 1 atom stereocenters. The molecule has 2 heterocycles. The number of thiophene rings is 1. The number of nitrogens with zero attached hydrogens (tertiary/aromatic N) is 1. The van der Waals surface area contributed by atoms with Gasteiger partial charge in [0.15, 0.2) is 18.2 Å². The largest absolute Gasteiger partial charge is 0.481 e. The first kappa shape index (κ1) is 16.8. The van der Waals surface area contributed by atoms with Gasteiger partial charge < -0.3 is 9.64 Å². The van der Waals surface area contributed by atoms with Gasteiger partial charge in [-0.2, -0.15) is 0 Å². The Morgan fingerprint density at radius 3 is 2.69 bits per heavy atom. The van der Waals surface area contributed by atoms with Gasteiger partial charge in [-0.3, -0.25) is 4.79 Å². The fourth-order valence-corrected chi connectivity index (χ4v) is 4.27. The van der Waals surface area contributed by atoms with Crippen LogP contribution in [0, 0.1) is 5.82 Å². The van der Waals surface area contributed by atoms with Crippen LogP contribution >= 0.6 is 11.3 Å². The van der Waals surface area contributed by atoms with Crippen molar-refractivity contribution in [1.82, 2.24) is 4.90 Å². The minimum absolute atomic E-state index is 0.102. The Labute approximate surface area is 155 Å². The third kappa shape index (κ3) is 3.22. The second kappa shape index (κ2) is 7.30. The number of hydrogen-bond acceptors (Lipinski definition) is 3. The third-order valence-corrected chi connectivity index (χ3v) is 5.59. The highest BCUT2D eigenvalue weighted by atomic mass is 32.1. The number of para-hydroxylation sites is 1. The van der Waals surface area contributed by atoms with Crippen LogP contribution in [0.1, 0.15) is 22.0 Å². The SMILES string of the molecule is O=C(COc1ccccc1F)N1CCc2sccc2[C@H]1c1ccccc1. The molecule has 1 aliphatic rings. The molecule has 2 aromatic carbocycles. The standard InChI is InChI=1S/C21H18FNO2S/c22-17-8-4-5-9-18(17)25-14-20(24)23-12-10-19-16(11-13-26-19)21(23)15-6-2-1-3-7-15/h1-9,11,13,21H,10,12,14H2/t21-/m1/s1. The Hall–Kier alpha value is -2.66. The quantitative estimate of drug-likeness (QED) is 0.682. The zero-order valence-electron chi connectivity index (χ0n) is 14.1. The van der Waals surface area contributed by atoms with Gasteiger partial charge in [0.2, 0.25) is 0 Å². The highest BCUT2D eigenvalue weighted by Crippen LogP contribution is 2.37. The summed E-state index contributed by atoms with van der Waals surface area (Å²) in [5.41, 5.74) is 2.25. The van der Waals surface area contributed by atoms with Crippen molar-refractivity contribution in [2.45, 2.75) is 12.5 Å². The van der Waals surface area contributed by atoms with Crippen LogP contribution in [-0.2, 0) is 11.2 Å². The van der Waals surface area contributed by atoms with Gasteiger partial charge in [0, 0.05) is 11.4 Å². The van der Waals surface area contributed by atoms with Gasteiger partial charge in [-0.05, 0) is 41.1 Å². The Bertz CT molecular complexity index is 909. The molecule has 5 heteroatoms. The van der Waals surface area contributed by atoms with Crippen LogP contribution < -0.4 is 4.74 Å². The number of carbonyl (C=O) groups is 1. The van der Waals surface area contributed by atoms with E-state index in [1.54, 1.807) is 23.5 Å². The predicted octanol–water partition coefficient (Wildman–Crippen LogP) is 4.44. The van der Waals surface area contributed by atoms with Crippen LogP contribution in [0.2, 0.25) is 0 Å². The number of fused-ring (bicyclic) bond motifs is 1. The molecule has 1 aliphatic heterocycles. The maximum atomic E-state index is 13.7. The van der Waals surface area contributed by atoms with Gasteiger partial charge in [-0.25, -0.2) is 4.39 Å². The number of amides is 1. The zero-order valence-corrected chi connectivity index (χ0v) is 14.9. The van der Waals surface area contributed by atoms with E-state index < -0.39 is 5.82 Å². The summed E-state index contributed by atoms with van der Waals surface area (Å²) in [7, 11) is 0. The summed E-state index contributed by atoms with van der Waals surface area (Å²) in [6, 6.07) is 18.1. The van der Waals surface area contributed by atoms with Crippen molar-refractivity contribution in [2.24, 2.45) is 0 Å². The molecule has 3 aromatic rings. The Kier molecular flexibility index (Phi) is 4.71. The average Bonchev–Trinajstić information content (AvgIpc) is 3.16. The summed E-state index contributed by atoms with van der Waals surface area (Å²) in [4.78, 5) is 16.0. The molecule has 0 aliphatic carbocycles. The topological polar surface area (TPSA) is 29.5 Å². The smallest absolute Gasteiger partial charge is 0.261 e. The second-order valence-electron chi connectivity index (χ2n) is 6.17. The number of carbonyl (C=O) groups excluding carboxylic acids is 1. The number of rotatable bonds is 4. The van der Waals surface area contributed by atoms with E-state index in [-0.39, 0.29) is 24.3 Å². The first-order chi connectivity index (χ1) is 12.7. The van der Waals surface area contributed by atoms with Crippen LogP contribution in [0.25, 0.3) is 0 Å². The molecular weight excluding hydrogens is 349 g/mol. The monoisotopic (exact) mass is 367 g/mol. The molecule has 0 bridgehead atoms. The first-order valence-corrected chi connectivity index (χ1v) is 9.40. The molecule has 0 saturated carbocycles. The number of halogens is 1. The van der Waals surface area contributed by atoms with Crippen molar-refractivity contribution in [1.29, 1.82) is 0 Å².